The van der Waals surface area contributed by atoms with Gasteiger partial charge in [0.05, 0.1) is 5.60 Å². The predicted octanol–water partition coefficient (Wildman–Crippen LogP) is 0.796. The Morgan fingerprint density at radius 1 is 1.43 bits per heavy atom. The van der Waals surface area contributed by atoms with Crippen molar-refractivity contribution in [3.63, 3.8) is 0 Å². The van der Waals surface area contributed by atoms with Gasteiger partial charge in [0.1, 0.15) is 0 Å². The van der Waals surface area contributed by atoms with E-state index >= 15 is 0 Å². The zero-order valence-corrected chi connectivity index (χ0v) is 11.5. The van der Waals surface area contributed by atoms with E-state index in [9.17, 15) is 9.90 Å². The van der Waals surface area contributed by atoms with Crippen LogP contribution in [0.15, 0.2) is 41.1 Å². The van der Waals surface area contributed by atoms with Crippen molar-refractivity contribution in [2.75, 3.05) is 19.6 Å². The normalized spacial score (nSPS) is 21.4. The Morgan fingerprint density at radius 2 is 2.24 bits per heavy atom. The van der Waals surface area contributed by atoms with Crippen molar-refractivity contribution in [3.8, 4) is 11.3 Å². The van der Waals surface area contributed by atoms with E-state index in [1.807, 2.05) is 30.3 Å². The van der Waals surface area contributed by atoms with Crippen molar-refractivity contribution in [3.05, 3.63) is 42.4 Å². The van der Waals surface area contributed by atoms with Crippen molar-refractivity contribution >= 4 is 5.91 Å². The second kappa shape index (κ2) is 5.67. The molecule has 6 nitrogen and oxygen atoms in total. The highest BCUT2D eigenvalue weighted by Crippen LogP contribution is 2.22. The number of amides is 1. The van der Waals surface area contributed by atoms with Gasteiger partial charge in [0.2, 0.25) is 0 Å². The van der Waals surface area contributed by atoms with Gasteiger partial charge in [0.25, 0.3) is 5.91 Å². The molecule has 6 heteroatoms. The van der Waals surface area contributed by atoms with E-state index in [0.29, 0.717) is 18.7 Å². The van der Waals surface area contributed by atoms with E-state index in [0.717, 1.165) is 12.1 Å². The van der Waals surface area contributed by atoms with Crippen molar-refractivity contribution < 1.29 is 14.3 Å². The summed E-state index contributed by atoms with van der Waals surface area (Å²) in [5.41, 5.74) is 0.143. The van der Waals surface area contributed by atoms with Gasteiger partial charge in [-0.1, -0.05) is 30.3 Å². The maximum absolute atomic E-state index is 12.2. The van der Waals surface area contributed by atoms with Crippen LogP contribution in [0.1, 0.15) is 16.9 Å². The lowest BCUT2D eigenvalue weighted by molar-refractivity contribution is 0.0560. The third-order valence-corrected chi connectivity index (χ3v) is 3.62. The molecule has 21 heavy (non-hydrogen) atoms. The first-order valence-electron chi connectivity index (χ1n) is 6.88. The standard InChI is InChI=1S/C15H17N3O3/c19-14(17-9-15(20)6-7-16-8-15)12-13(21-10-18-12)11-4-2-1-3-5-11/h1-5,10,16,20H,6-9H2,(H,17,19)/t15-/m0/s1. The Bertz CT molecular complexity index is 618. The molecule has 0 aliphatic carbocycles. The molecule has 1 saturated heterocycles. The fourth-order valence-corrected chi connectivity index (χ4v) is 2.41. The minimum Gasteiger partial charge on any atom is -0.443 e. The van der Waals surface area contributed by atoms with E-state index in [4.69, 9.17) is 4.42 Å². The summed E-state index contributed by atoms with van der Waals surface area (Å²) in [5.74, 6) is 0.0903. The van der Waals surface area contributed by atoms with E-state index in [1.54, 1.807) is 0 Å². The predicted molar refractivity (Wildman–Crippen MR) is 76.7 cm³/mol. The number of hydrogen-bond donors (Lipinski definition) is 3. The lowest BCUT2D eigenvalue weighted by atomic mass is 10.0. The first-order chi connectivity index (χ1) is 10.2. The van der Waals surface area contributed by atoms with Gasteiger partial charge < -0.3 is 20.2 Å². The number of benzene rings is 1. The number of aromatic nitrogens is 1. The van der Waals surface area contributed by atoms with Crippen molar-refractivity contribution in [1.29, 1.82) is 0 Å². The van der Waals surface area contributed by atoms with Gasteiger partial charge >= 0.3 is 0 Å². The second-order valence-corrected chi connectivity index (χ2v) is 5.23. The lowest BCUT2D eigenvalue weighted by Crippen LogP contribution is -2.44. The Kier molecular flexibility index (Phi) is 3.72. The van der Waals surface area contributed by atoms with E-state index in [2.05, 4.69) is 15.6 Å². The van der Waals surface area contributed by atoms with Crippen LogP contribution < -0.4 is 10.6 Å². The monoisotopic (exact) mass is 287 g/mol. The van der Waals surface area contributed by atoms with Gasteiger partial charge in [-0.3, -0.25) is 4.79 Å². The SMILES string of the molecule is O=C(NC[C@]1(O)CCNC1)c1ncoc1-c1ccccc1. The maximum Gasteiger partial charge on any atom is 0.274 e. The highest BCUT2D eigenvalue weighted by Gasteiger charge is 2.32. The zero-order valence-electron chi connectivity index (χ0n) is 11.5. The van der Waals surface area contributed by atoms with Crippen LogP contribution in [0.3, 0.4) is 0 Å². The quantitative estimate of drug-likeness (QED) is 0.774. The molecule has 1 fully saturated rings. The highest BCUT2D eigenvalue weighted by molar-refractivity contribution is 5.97. The molecule has 2 heterocycles. The van der Waals surface area contributed by atoms with Crippen LogP contribution in [0.4, 0.5) is 0 Å². The summed E-state index contributed by atoms with van der Waals surface area (Å²) in [5, 5.41) is 16.0. The van der Waals surface area contributed by atoms with Gasteiger partial charge in [0, 0.05) is 18.7 Å². The molecule has 1 aliphatic heterocycles. The summed E-state index contributed by atoms with van der Waals surface area (Å²) in [6.07, 6.45) is 1.88. The van der Waals surface area contributed by atoms with Crippen molar-refractivity contribution in [1.82, 2.24) is 15.6 Å². The number of nitrogens with zero attached hydrogens (tertiary/aromatic N) is 1. The molecule has 1 atom stereocenters. The van der Waals surface area contributed by atoms with Crippen LogP contribution in [0.25, 0.3) is 11.3 Å². The number of carbonyl (C=O) groups excluding carboxylic acids is 1. The van der Waals surface area contributed by atoms with Gasteiger partial charge in [-0.25, -0.2) is 4.98 Å². The van der Waals surface area contributed by atoms with Crippen LogP contribution in [-0.4, -0.2) is 41.2 Å². The van der Waals surface area contributed by atoms with E-state index < -0.39 is 5.60 Å². The Morgan fingerprint density at radius 3 is 2.95 bits per heavy atom. The van der Waals surface area contributed by atoms with Crippen LogP contribution >= 0.6 is 0 Å². The third kappa shape index (κ3) is 2.96. The molecule has 1 aromatic heterocycles. The van der Waals surface area contributed by atoms with E-state index in [1.165, 1.54) is 6.39 Å². The smallest absolute Gasteiger partial charge is 0.274 e. The van der Waals surface area contributed by atoms with Gasteiger partial charge in [-0.05, 0) is 13.0 Å². The summed E-state index contributed by atoms with van der Waals surface area (Å²) < 4.78 is 5.32. The fourth-order valence-electron chi connectivity index (χ4n) is 2.41. The molecular formula is C15H17N3O3. The molecular weight excluding hydrogens is 270 g/mol. The molecule has 110 valence electrons. The minimum atomic E-state index is -0.883. The molecule has 0 saturated carbocycles. The molecule has 1 aliphatic rings. The van der Waals surface area contributed by atoms with Gasteiger partial charge in [-0.15, -0.1) is 0 Å². The number of oxazole rings is 1. The molecule has 0 unspecified atom stereocenters. The summed E-state index contributed by atoms with van der Waals surface area (Å²) in [6, 6.07) is 9.33. The molecule has 0 spiro atoms. The van der Waals surface area contributed by atoms with Crippen molar-refractivity contribution in [2.24, 2.45) is 0 Å². The molecule has 1 amide bonds. The lowest BCUT2D eigenvalue weighted by Gasteiger charge is -2.21. The molecule has 0 bridgehead atoms. The van der Waals surface area contributed by atoms with Gasteiger partial charge in [-0.2, -0.15) is 0 Å². The van der Waals surface area contributed by atoms with Gasteiger partial charge in [0.15, 0.2) is 17.8 Å². The summed E-state index contributed by atoms with van der Waals surface area (Å²) in [4.78, 5) is 16.2. The van der Waals surface area contributed by atoms with Crippen LogP contribution in [0.2, 0.25) is 0 Å². The Balaban J connectivity index is 1.72. The molecule has 3 N–H and O–H groups in total. The second-order valence-electron chi connectivity index (χ2n) is 5.23. The molecule has 2 aromatic rings. The van der Waals surface area contributed by atoms with Crippen LogP contribution in [0, 0.1) is 0 Å². The average Bonchev–Trinajstić information content (AvgIpc) is 3.15. The maximum atomic E-state index is 12.2. The molecule has 0 radical (unpaired) electrons. The number of hydrogen-bond acceptors (Lipinski definition) is 5. The van der Waals surface area contributed by atoms with Crippen molar-refractivity contribution in [2.45, 2.75) is 12.0 Å². The third-order valence-electron chi connectivity index (χ3n) is 3.62. The first-order valence-corrected chi connectivity index (χ1v) is 6.88. The number of nitrogens with one attached hydrogen (secondary N) is 2. The highest BCUT2D eigenvalue weighted by atomic mass is 16.3. The first kappa shape index (κ1) is 13.8. The molecule has 1 aromatic carbocycles. The average molecular weight is 287 g/mol. The largest absolute Gasteiger partial charge is 0.443 e. The summed E-state index contributed by atoms with van der Waals surface area (Å²) in [7, 11) is 0. The topological polar surface area (TPSA) is 87.4 Å². The van der Waals surface area contributed by atoms with Crippen LogP contribution in [-0.2, 0) is 0 Å². The Labute approximate surface area is 122 Å². The number of β-amino-alcohol motifs (C(OH)–C–C–N with tert-alkyl or cyclic N) is 1. The molecule has 3 rings (SSSR count). The van der Waals surface area contributed by atoms with Crippen LogP contribution in [0.5, 0.6) is 0 Å². The minimum absolute atomic E-state index is 0.194. The number of aliphatic hydroxyl groups is 1. The number of carbonyl (C=O) groups is 1. The fraction of sp³-hybridized carbons (Fsp3) is 0.333. The zero-order chi connectivity index (χ0) is 14.7. The van der Waals surface area contributed by atoms with E-state index in [-0.39, 0.29) is 18.1 Å². The summed E-state index contributed by atoms with van der Waals surface area (Å²) in [6.45, 7) is 1.43. The Hall–Kier alpha value is -2.18. The number of rotatable bonds is 4. The summed E-state index contributed by atoms with van der Waals surface area (Å²) >= 11 is 0.